The molecule has 0 saturated heterocycles. The third kappa shape index (κ3) is 4.16. The highest BCUT2D eigenvalue weighted by molar-refractivity contribution is 7.07. The molecule has 0 fully saturated rings. The average molecular weight is 275 g/mol. The minimum absolute atomic E-state index is 0.214. The number of aliphatic hydroxyl groups is 1. The van der Waals surface area contributed by atoms with Gasteiger partial charge in [0, 0.05) is 13.1 Å². The minimum Gasteiger partial charge on any atom is -0.388 e. The fourth-order valence-corrected chi connectivity index (χ4v) is 2.99. The molecular weight excluding hydrogens is 254 g/mol. The fraction of sp³-hybridized carbons (Fsp3) is 0.375. The van der Waals surface area contributed by atoms with Gasteiger partial charge in [0.15, 0.2) is 0 Å². The highest BCUT2D eigenvalue weighted by Gasteiger charge is 2.17. The molecule has 2 aromatic rings. The Balaban J connectivity index is 1.88. The van der Waals surface area contributed by atoms with Gasteiger partial charge in [-0.05, 0) is 40.9 Å². The smallest absolute Gasteiger partial charge is 0.0827 e. The van der Waals surface area contributed by atoms with E-state index in [9.17, 15) is 5.11 Å². The number of hydrogen-bond acceptors (Lipinski definition) is 3. The summed E-state index contributed by atoms with van der Waals surface area (Å²) >= 11 is 1.73. The Bertz CT molecular complexity index is 469. The summed E-state index contributed by atoms with van der Waals surface area (Å²) in [7, 11) is 2.10. The number of benzene rings is 1. The lowest BCUT2D eigenvalue weighted by molar-refractivity contribution is 0.0933. The van der Waals surface area contributed by atoms with E-state index >= 15 is 0 Å². The molecule has 0 radical (unpaired) electrons. The van der Waals surface area contributed by atoms with E-state index in [0.29, 0.717) is 0 Å². The molecule has 1 N–H and O–H groups in total. The van der Waals surface area contributed by atoms with Crippen molar-refractivity contribution in [2.75, 3.05) is 13.6 Å². The second-order valence-electron chi connectivity index (χ2n) is 5.16. The van der Waals surface area contributed by atoms with E-state index < -0.39 is 6.10 Å². The topological polar surface area (TPSA) is 23.5 Å². The maximum Gasteiger partial charge on any atom is 0.0827 e. The molecule has 0 amide bonds. The summed E-state index contributed by atoms with van der Waals surface area (Å²) in [5, 5.41) is 14.6. The average Bonchev–Trinajstić information content (AvgIpc) is 2.91. The van der Waals surface area contributed by atoms with Crippen molar-refractivity contribution in [3.05, 3.63) is 58.3 Å². The van der Waals surface area contributed by atoms with Crippen molar-refractivity contribution in [2.24, 2.45) is 5.92 Å². The number of rotatable bonds is 6. The molecule has 2 rings (SSSR count). The quantitative estimate of drug-likeness (QED) is 0.871. The van der Waals surface area contributed by atoms with Crippen LogP contribution >= 0.6 is 11.3 Å². The molecule has 2 nitrogen and oxygen atoms in total. The van der Waals surface area contributed by atoms with Crippen LogP contribution in [0.3, 0.4) is 0 Å². The van der Waals surface area contributed by atoms with Crippen LogP contribution in [0, 0.1) is 5.92 Å². The molecule has 3 heteroatoms. The number of thiophene rings is 1. The highest BCUT2D eigenvalue weighted by Crippen LogP contribution is 2.22. The van der Waals surface area contributed by atoms with E-state index in [1.54, 1.807) is 11.3 Å². The molecule has 2 atom stereocenters. The van der Waals surface area contributed by atoms with Crippen molar-refractivity contribution in [1.82, 2.24) is 4.90 Å². The number of hydrogen-bond donors (Lipinski definition) is 1. The van der Waals surface area contributed by atoms with E-state index in [1.807, 2.05) is 30.3 Å². The first-order valence-electron chi connectivity index (χ1n) is 6.59. The molecule has 0 saturated carbocycles. The van der Waals surface area contributed by atoms with Crippen molar-refractivity contribution in [2.45, 2.75) is 19.6 Å². The normalized spacial score (nSPS) is 14.5. The lowest BCUT2D eigenvalue weighted by atomic mass is 9.97. The first-order valence-corrected chi connectivity index (χ1v) is 7.53. The number of aliphatic hydroxyl groups excluding tert-OH is 1. The Morgan fingerprint density at radius 1 is 1.21 bits per heavy atom. The molecule has 0 aliphatic rings. The Morgan fingerprint density at radius 2 is 1.95 bits per heavy atom. The summed E-state index contributed by atoms with van der Waals surface area (Å²) in [5.41, 5.74) is 2.34. The van der Waals surface area contributed by atoms with Gasteiger partial charge in [0.2, 0.25) is 0 Å². The zero-order valence-corrected chi connectivity index (χ0v) is 12.3. The Labute approximate surface area is 119 Å². The molecule has 1 aromatic heterocycles. The van der Waals surface area contributed by atoms with Crippen LogP contribution in [0.1, 0.15) is 24.2 Å². The molecule has 1 heterocycles. The van der Waals surface area contributed by atoms with Gasteiger partial charge in [-0.25, -0.2) is 0 Å². The maximum absolute atomic E-state index is 10.3. The monoisotopic (exact) mass is 275 g/mol. The van der Waals surface area contributed by atoms with E-state index in [0.717, 1.165) is 18.7 Å². The van der Waals surface area contributed by atoms with Crippen LogP contribution in [-0.4, -0.2) is 23.6 Å². The van der Waals surface area contributed by atoms with Gasteiger partial charge in [-0.15, -0.1) is 0 Å². The Hall–Kier alpha value is -1.16. The minimum atomic E-state index is -0.397. The van der Waals surface area contributed by atoms with Crippen LogP contribution in [0.25, 0.3) is 0 Å². The van der Waals surface area contributed by atoms with Crippen molar-refractivity contribution in [3.63, 3.8) is 0 Å². The van der Waals surface area contributed by atoms with Gasteiger partial charge in [-0.1, -0.05) is 37.3 Å². The van der Waals surface area contributed by atoms with Gasteiger partial charge in [0.25, 0.3) is 0 Å². The highest BCUT2D eigenvalue weighted by atomic mass is 32.1. The third-order valence-electron chi connectivity index (χ3n) is 3.31. The summed E-state index contributed by atoms with van der Waals surface area (Å²) in [6.45, 7) is 3.92. The van der Waals surface area contributed by atoms with Crippen LogP contribution in [0.4, 0.5) is 0 Å². The first kappa shape index (κ1) is 14.3. The molecule has 19 heavy (non-hydrogen) atoms. The molecule has 0 spiro atoms. The van der Waals surface area contributed by atoms with E-state index in [-0.39, 0.29) is 5.92 Å². The predicted molar refractivity (Wildman–Crippen MR) is 81.2 cm³/mol. The molecule has 0 bridgehead atoms. The van der Waals surface area contributed by atoms with Gasteiger partial charge in [0.1, 0.15) is 0 Å². The Kier molecular flexibility index (Phi) is 5.14. The van der Waals surface area contributed by atoms with Gasteiger partial charge >= 0.3 is 0 Å². The van der Waals surface area contributed by atoms with Crippen LogP contribution in [-0.2, 0) is 6.54 Å². The second-order valence-corrected chi connectivity index (χ2v) is 5.94. The van der Waals surface area contributed by atoms with Gasteiger partial charge < -0.3 is 10.0 Å². The van der Waals surface area contributed by atoms with Crippen molar-refractivity contribution in [3.8, 4) is 0 Å². The molecule has 102 valence electrons. The SMILES string of the molecule is CC(CN(C)Cc1ccsc1)C(O)c1ccccc1. The molecule has 0 aliphatic carbocycles. The summed E-state index contributed by atoms with van der Waals surface area (Å²) in [6, 6.07) is 12.0. The second kappa shape index (κ2) is 6.85. The van der Waals surface area contributed by atoms with Gasteiger partial charge in [-0.2, -0.15) is 11.3 Å². The van der Waals surface area contributed by atoms with E-state index in [2.05, 4.69) is 35.7 Å². The summed E-state index contributed by atoms with van der Waals surface area (Å²) in [4.78, 5) is 2.26. The summed E-state index contributed by atoms with van der Waals surface area (Å²) < 4.78 is 0. The van der Waals surface area contributed by atoms with Crippen LogP contribution in [0.15, 0.2) is 47.2 Å². The van der Waals surface area contributed by atoms with Crippen LogP contribution in [0.2, 0.25) is 0 Å². The predicted octanol–water partition coefficient (Wildman–Crippen LogP) is 3.55. The summed E-state index contributed by atoms with van der Waals surface area (Å²) in [6.07, 6.45) is -0.397. The lowest BCUT2D eigenvalue weighted by Crippen LogP contribution is -2.27. The third-order valence-corrected chi connectivity index (χ3v) is 4.04. The van der Waals surface area contributed by atoms with E-state index in [4.69, 9.17) is 0 Å². The van der Waals surface area contributed by atoms with E-state index in [1.165, 1.54) is 5.56 Å². The van der Waals surface area contributed by atoms with Crippen molar-refractivity contribution in [1.29, 1.82) is 0 Å². The molecular formula is C16H21NOS. The van der Waals surface area contributed by atoms with Crippen molar-refractivity contribution < 1.29 is 5.11 Å². The maximum atomic E-state index is 10.3. The van der Waals surface area contributed by atoms with Crippen LogP contribution < -0.4 is 0 Å². The van der Waals surface area contributed by atoms with Gasteiger partial charge in [0.05, 0.1) is 6.10 Å². The summed E-state index contributed by atoms with van der Waals surface area (Å²) in [5.74, 6) is 0.214. The fourth-order valence-electron chi connectivity index (χ4n) is 2.33. The van der Waals surface area contributed by atoms with Gasteiger partial charge in [-0.3, -0.25) is 0 Å². The lowest BCUT2D eigenvalue weighted by Gasteiger charge is -2.25. The molecule has 0 aliphatic heterocycles. The molecule has 1 aromatic carbocycles. The zero-order chi connectivity index (χ0) is 13.7. The molecule has 2 unspecified atom stereocenters. The first-order chi connectivity index (χ1) is 9.16. The largest absolute Gasteiger partial charge is 0.388 e. The van der Waals surface area contributed by atoms with Crippen molar-refractivity contribution >= 4 is 11.3 Å². The van der Waals surface area contributed by atoms with Crippen LogP contribution in [0.5, 0.6) is 0 Å². The Morgan fingerprint density at radius 3 is 2.58 bits per heavy atom. The number of nitrogens with zero attached hydrogens (tertiary/aromatic N) is 1. The standard InChI is InChI=1S/C16H21NOS/c1-13(16(18)15-6-4-3-5-7-15)10-17(2)11-14-8-9-19-12-14/h3-9,12-13,16,18H,10-11H2,1-2H3. The zero-order valence-electron chi connectivity index (χ0n) is 11.5.